The van der Waals surface area contributed by atoms with Gasteiger partial charge in [-0.3, -0.25) is 4.79 Å². The Bertz CT molecular complexity index is 955. The van der Waals surface area contributed by atoms with E-state index in [0.717, 1.165) is 24.3 Å². The Morgan fingerprint density at radius 2 is 1.69 bits per heavy atom. The van der Waals surface area contributed by atoms with E-state index in [4.69, 9.17) is 4.74 Å². The van der Waals surface area contributed by atoms with Crippen LogP contribution in [-0.2, 0) is 6.61 Å². The van der Waals surface area contributed by atoms with Gasteiger partial charge in [-0.2, -0.15) is 0 Å². The fourth-order valence-corrected chi connectivity index (χ4v) is 3.26. The number of piperazine rings is 1. The zero-order valence-electron chi connectivity index (χ0n) is 15.9. The van der Waals surface area contributed by atoms with Gasteiger partial charge in [-0.05, 0) is 29.8 Å². The van der Waals surface area contributed by atoms with Crippen molar-refractivity contribution >= 4 is 11.6 Å². The van der Waals surface area contributed by atoms with E-state index in [-0.39, 0.29) is 11.7 Å². The first kappa shape index (κ1) is 18.7. The maximum atomic E-state index is 12.8. The molecule has 1 fully saturated rings. The van der Waals surface area contributed by atoms with Crippen LogP contribution in [0.2, 0.25) is 0 Å². The summed E-state index contributed by atoms with van der Waals surface area (Å²) in [5.41, 5.74) is 2.40. The smallest absolute Gasteiger partial charge is 0.272 e. The summed E-state index contributed by atoms with van der Waals surface area (Å²) in [4.78, 5) is 25.1. The number of carbonyl (C=O) groups is 1. The average molecular weight is 390 g/mol. The fraction of sp³-hybridized carbons (Fsp3) is 0.227. The minimum Gasteiger partial charge on any atom is -0.508 e. The second-order valence-corrected chi connectivity index (χ2v) is 6.81. The lowest BCUT2D eigenvalue weighted by Crippen LogP contribution is -2.49. The number of amides is 1. The van der Waals surface area contributed by atoms with Crippen LogP contribution in [0, 0.1) is 0 Å². The molecule has 0 aliphatic carbocycles. The molecule has 1 amide bonds. The predicted molar refractivity (Wildman–Crippen MR) is 109 cm³/mol. The van der Waals surface area contributed by atoms with Crippen LogP contribution in [0.15, 0.2) is 67.0 Å². The average Bonchev–Trinajstić information content (AvgIpc) is 2.79. The highest BCUT2D eigenvalue weighted by atomic mass is 16.5. The van der Waals surface area contributed by atoms with Gasteiger partial charge >= 0.3 is 0 Å². The number of aromatic nitrogens is 2. The van der Waals surface area contributed by atoms with Crippen molar-refractivity contribution in [1.82, 2.24) is 14.9 Å². The SMILES string of the molecule is O=C(c1cc(OCc2ccccc2)ncn1)N1CCN(c2ccc(O)cc2)CC1. The molecule has 1 N–H and O–H groups in total. The van der Waals surface area contributed by atoms with Gasteiger partial charge in [-0.15, -0.1) is 0 Å². The van der Waals surface area contributed by atoms with Crippen molar-refractivity contribution in [2.75, 3.05) is 31.1 Å². The highest BCUT2D eigenvalue weighted by Gasteiger charge is 2.23. The third-order valence-corrected chi connectivity index (χ3v) is 4.87. The van der Waals surface area contributed by atoms with E-state index in [1.165, 1.54) is 6.33 Å². The van der Waals surface area contributed by atoms with Crippen LogP contribution in [0.1, 0.15) is 16.1 Å². The molecule has 3 aromatic rings. The maximum absolute atomic E-state index is 12.8. The van der Waals surface area contributed by atoms with Crippen molar-refractivity contribution in [1.29, 1.82) is 0 Å². The van der Waals surface area contributed by atoms with Crippen molar-refractivity contribution in [3.8, 4) is 11.6 Å². The normalized spacial score (nSPS) is 13.9. The quantitative estimate of drug-likeness (QED) is 0.722. The summed E-state index contributed by atoms with van der Waals surface area (Å²) < 4.78 is 5.70. The number of phenols is 1. The van der Waals surface area contributed by atoms with Crippen molar-refractivity contribution in [3.05, 3.63) is 78.2 Å². The van der Waals surface area contributed by atoms with Crippen molar-refractivity contribution in [2.24, 2.45) is 0 Å². The first-order valence-corrected chi connectivity index (χ1v) is 9.51. The lowest BCUT2D eigenvalue weighted by molar-refractivity contribution is 0.0740. The Kier molecular flexibility index (Phi) is 5.56. The largest absolute Gasteiger partial charge is 0.508 e. The van der Waals surface area contributed by atoms with Gasteiger partial charge in [-0.1, -0.05) is 30.3 Å². The third-order valence-electron chi connectivity index (χ3n) is 4.87. The van der Waals surface area contributed by atoms with Crippen molar-refractivity contribution in [2.45, 2.75) is 6.61 Å². The van der Waals surface area contributed by atoms with Crippen LogP contribution < -0.4 is 9.64 Å². The Labute approximate surface area is 169 Å². The minimum absolute atomic E-state index is 0.123. The van der Waals surface area contributed by atoms with Crippen LogP contribution in [0.25, 0.3) is 0 Å². The highest BCUT2D eigenvalue weighted by Crippen LogP contribution is 2.20. The Morgan fingerprint density at radius 1 is 0.966 bits per heavy atom. The molecule has 0 unspecified atom stereocenters. The Morgan fingerprint density at radius 3 is 2.41 bits per heavy atom. The van der Waals surface area contributed by atoms with Gasteiger partial charge < -0.3 is 19.6 Å². The van der Waals surface area contributed by atoms with E-state index < -0.39 is 0 Å². The standard InChI is InChI=1S/C22H22N4O3/c27-19-8-6-18(7-9-19)25-10-12-26(13-11-25)22(28)20-14-21(24-16-23-20)29-15-17-4-2-1-3-5-17/h1-9,14,16,27H,10-13,15H2. The van der Waals surface area contributed by atoms with E-state index in [1.54, 1.807) is 23.1 Å². The third kappa shape index (κ3) is 4.63. The summed E-state index contributed by atoms with van der Waals surface area (Å²) in [6.45, 7) is 3.03. The van der Waals surface area contributed by atoms with Crippen LogP contribution >= 0.6 is 0 Å². The van der Waals surface area contributed by atoms with Crippen LogP contribution in [0.3, 0.4) is 0 Å². The molecule has 29 heavy (non-hydrogen) atoms. The fourth-order valence-electron chi connectivity index (χ4n) is 3.26. The number of carbonyl (C=O) groups excluding carboxylic acids is 1. The second-order valence-electron chi connectivity index (χ2n) is 6.81. The molecule has 7 heteroatoms. The van der Waals surface area contributed by atoms with Crippen LogP contribution in [0.5, 0.6) is 11.6 Å². The molecule has 2 heterocycles. The van der Waals surface area contributed by atoms with E-state index >= 15 is 0 Å². The Balaban J connectivity index is 1.35. The molecule has 0 saturated carbocycles. The van der Waals surface area contributed by atoms with Gasteiger partial charge in [0.05, 0.1) is 0 Å². The summed E-state index contributed by atoms with van der Waals surface area (Å²) in [5.74, 6) is 0.508. The molecule has 1 saturated heterocycles. The number of anilines is 1. The highest BCUT2D eigenvalue weighted by molar-refractivity contribution is 5.92. The summed E-state index contributed by atoms with van der Waals surface area (Å²) in [7, 11) is 0. The molecule has 7 nitrogen and oxygen atoms in total. The molecule has 0 spiro atoms. The molecule has 4 rings (SSSR count). The molecule has 0 atom stereocenters. The molecule has 1 aliphatic rings. The lowest BCUT2D eigenvalue weighted by atomic mass is 10.2. The number of ether oxygens (including phenoxy) is 1. The molecule has 0 radical (unpaired) electrons. The summed E-state index contributed by atoms with van der Waals surface area (Å²) in [6, 6.07) is 18.5. The zero-order chi connectivity index (χ0) is 20.1. The van der Waals surface area contributed by atoms with Gasteiger partial charge in [0, 0.05) is 37.9 Å². The maximum Gasteiger partial charge on any atom is 0.272 e. The number of hydrogen-bond donors (Lipinski definition) is 1. The number of hydrogen-bond acceptors (Lipinski definition) is 6. The molecular formula is C22H22N4O3. The molecule has 2 aromatic carbocycles. The number of phenolic OH excluding ortho intramolecular Hbond substituents is 1. The molecule has 148 valence electrons. The first-order chi connectivity index (χ1) is 14.2. The summed E-state index contributed by atoms with van der Waals surface area (Å²) in [6.07, 6.45) is 1.36. The van der Waals surface area contributed by atoms with Gasteiger partial charge in [0.15, 0.2) is 0 Å². The molecule has 1 aromatic heterocycles. The second kappa shape index (κ2) is 8.60. The molecule has 0 bridgehead atoms. The summed E-state index contributed by atoms with van der Waals surface area (Å²) >= 11 is 0. The van der Waals surface area contributed by atoms with Crippen molar-refractivity contribution in [3.63, 3.8) is 0 Å². The summed E-state index contributed by atoms with van der Waals surface area (Å²) in [5, 5.41) is 9.43. The van der Waals surface area contributed by atoms with Gasteiger partial charge in [0.1, 0.15) is 24.4 Å². The topological polar surface area (TPSA) is 78.8 Å². The Hall–Kier alpha value is -3.61. The zero-order valence-corrected chi connectivity index (χ0v) is 15.9. The van der Waals surface area contributed by atoms with E-state index in [0.29, 0.717) is 31.3 Å². The van der Waals surface area contributed by atoms with Crippen LogP contribution in [0.4, 0.5) is 5.69 Å². The van der Waals surface area contributed by atoms with E-state index in [9.17, 15) is 9.90 Å². The number of rotatable bonds is 5. The van der Waals surface area contributed by atoms with Crippen molar-refractivity contribution < 1.29 is 14.6 Å². The predicted octanol–water partition coefficient (Wildman–Crippen LogP) is 2.72. The van der Waals surface area contributed by atoms with Gasteiger partial charge in [-0.25, -0.2) is 9.97 Å². The van der Waals surface area contributed by atoms with E-state index in [1.807, 2.05) is 42.5 Å². The molecule has 1 aliphatic heterocycles. The number of nitrogens with zero attached hydrogens (tertiary/aromatic N) is 4. The lowest BCUT2D eigenvalue weighted by Gasteiger charge is -2.36. The minimum atomic E-state index is -0.123. The molecular weight excluding hydrogens is 368 g/mol. The van der Waals surface area contributed by atoms with E-state index in [2.05, 4.69) is 14.9 Å². The number of benzene rings is 2. The first-order valence-electron chi connectivity index (χ1n) is 9.51. The number of aromatic hydroxyl groups is 1. The monoisotopic (exact) mass is 390 g/mol. The van der Waals surface area contributed by atoms with Gasteiger partial charge in [0.2, 0.25) is 5.88 Å². The van der Waals surface area contributed by atoms with Gasteiger partial charge in [0.25, 0.3) is 5.91 Å². The van der Waals surface area contributed by atoms with Crippen LogP contribution in [-0.4, -0.2) is 52.1 Å².